The first kappa shape index (κ1) is 38.2. The number of carbonyl (C=O) groups is 6. The first-order valence-electron chi connectivity index (χ1n) is 14.8. The van der Waals surface area contributed by atoms with Crippen molar-refractivity contribution in [1.29, 1.82) is 0 Å². The van der Waals surface area contributed by atoms with E-state index in [2.05, 4.69) is 16.0 Å². The maximum absolute atomic E-state index is 13.6. The summed E-state index contributed by atoms with van der Waals surface area (Å²) in [5.41, 5.74) is 12.7. The molecule has 15 nitrogen and oxygen atoms in total. The summed E-state index contributed by atoms with van der Waals surface area (Å²) in [4.78, 5) is 75.6. The standard InChI is InChI=1S/C31H38Cl2N6O9/c1-17(40)24(26(43)36-22(28(45)46)13-19-10-6-3-7-11-19)38-25(42)21(14-23(35)41)37-29(47)31(33)15-30(32,48)16-39(31)27(44)20(34)12-18-8-4-2-5-9-18/h2-11,17,20-22,24,40,48H,12-16,34H2,1H3,(H2,35,41)(H,36,43)(H,37,47)(H,38,42)(H,45,46)/t17-,20+,21+,22+,24+,30-,31+/m1/s1. The second-order valence-electron chi connectivity index (χ2n) is 11.6. The Morgan fingerprint density at radius 1 is 0.875 bits per heavy atom. The molecule has 2 aromatic rings. The highest BCUT2D eigenvalue weighted by atomic mass is 35.5. The fraction of sp³-hybridized carbons (Fsp3) is 0.419. The highest BCUT2D eigenvalue weighted by Crippen LogP contribution is 2.42. The molecule has 1 fully saturated rings. The monoisotopic (exact) mass is 708 g/mol. The number of nitrogens with one attached hydrogen (secondary N) is 3. The van der Waals surface area contributed by atoms with E-state index in [0.717, 1.165) is 11.8 Å². The molecule has 0 saturated carbocycles. The summed E-state index contributed by atoms with van der Waals surface area (Å²) in [7, 11) is 0. The van der Waals surface area contributed by atoms with Crippen LogP contribution in [-0.2, 0) is 41.6 Å². The van der Waals surface area contributed by atoms with Gasteiger partial charge in [-0.1, -0.05) is 83.9 Å². The number of aliphatic carboxylic acids is 1. The molecule has 3 rings (SSSR count). The van der Waals surface area contributed by atoms with Gasteiger partial charge in [0.2, 0.25) is 28.6 Å². The number of carboxylic acids is 1. The number of carboxylic acid groups (broad SMARTS) is 1. The number of nitrogens with zero attached hydrogens (tertiary/aromatic N) is 1. The topological polar surface area (TPSA) is 254 Å². The Morgan fingerprint density at radius 3 is 1.92 bits per heavy atom. The summed E-state index contributed by atoms with van der Waals surface area (Å²) < 4.78 is 0. The fourth-order valence-electron chi connectivity index (χ4n) is 5.14. The van der Waals surface area contributed by atoms with Crippen molar-refractivity contribution in [2.75, 3.05) is 6.54 Å². The summed E-state index contributed by atoms with van der Waals surface area (Å²) in [5.74, 6) is -6.78. The largest absolute Gasteiger partial charge is 0.480 e. The lowest BCUT2D eigenvalue weighted by molar-refractivity contribution is -0.144. The van der Waals surface area contributed by atoms with Crippen LogP contribution in [0.1, 0.15) is 30.9 Å². The predicted octanol–water partition coefficient (Wildman–Crippen LogP) is -1.31. The molecule has 0 bridgehead atoms. The molecule has 1 heterocycles. The van der Waals surface area contributed by atoms with Crippen LogP contribution < -0.4 is 27.4 Å². The molecule has 260 valence electrons. The van der Waals surface area contributed by atoms with E-state index >= 15 is 0 Å². The van der Waals surface area contributed by atoms with Crippen LogP contribution in [0.3, 0.4) is 0 Å². The molecule has 10 N–H and O–H groups in total. The van der Waals surface area contributed by atoms with Gasteiger partial charge in [0, 0.05) is 12.8 Å². The van der Waals surface area contributed by atoms with E-state index in [4.69, 9.17) is 34.7 Å². The summed E-state index contributed by atoms with van der Waals surface area (Å²) in [6.07, 6.45) is -3.17. The molecule has 0 unspecified atom stereocenters. The van der Waals surface area contributed by atoms with E-state index in [1.54, 1.807) is 60.7 Å². The van der Waals surface area contributed by atoms with E-state index in [0.29, 0.717) is 11.1 Å². The van der Waals surface area contributed by atoms with E-state index in [-0.39, 0.29) is 12.8 Å². The van der Waals surface area contributed by atoms with Crippen molar-refractivity contribution >= 4 is 58.7 Å². The number of alkyl halides is 2. The quantitative estimate of drug-likeness (QED) is 0.0801. The number of nitrogens with two attached hydrogens (primary N) is 2. The van der Waals surface area contributed by atoms with Gasteiger partial charge >= 0.3 is 5.97 Å². The molecule has 1 saturated heterocycles. The molecule has 17 heteroatoms. The molecule has 0 spiro atoms. The van der Waals surface area contributed by atoms with Crippen molar-refractivity contribution in [1.82, 2.24) is 20.9 Å². The molecule has 1 aliphatic rings. The molecule has 0 aliphatic carbocycles. The maximum atomic E-state index is 13.6. The van der Waals surface area contributed by atoms with Gasteiger partial charge in [-0.25, -0.2) is 4.79 Å². The van der Waals surface area contributed by atoms with E-state index in [1.807, 2.05) is 0 Å². The number of likely N-dealkylation sites (tertiary alicyclic amines) is 1. The highest BCUT2D eigenvalue weighted by molar-refractivity contribution is 6.37. The van der Waals surface area contributed by atoms with Gasteiger partial charge < -0.3 is 47.6 Å². The number of hydrogen-bond acceptors (Lipinski definition) is 9. The summed E-state index contributed by atoms with van der Waals surface area (Å²) in [6, 6.07) is 10.9. The molecule has 48 heavy (non-hydrogen) atoms. The highest BCUT2D eigenvalue weighted by Gasteiger charge is 2.58. The number of benzene rings is 2. The molecular formula is C31H38Cl2N6O9. The van der Waals surface area contributed by atoms with Crippen LogP contribution in [0.25, 0.3) is 0 Å². The van der Waals surface area contributed by atoms with Gasteiger partial charge in [0.15, 0.2) is 5.06 Å². The molecule has 5 amide bonds. The molecule has 1 aliphatic heterocycles. The lowest BCUT2D eigenvalue weighted by Crippen LogP contribution is -2.63. The number of aliphatic hydroxyl groups excluding tert-OH is 1. The van der Waals surface area contributed by atoms with Gasteiger partial charge in [0.1, 0.15) is 18.1 Å². The minimum Gasteiger partial charge on any atom is -0.480 e. The third kappa shape index (κ3) is 10.1. The van der Waals surface area contributed by atoms with E-state index < -0.39 is 95.2 Å². The Bertz CT molecular complexity index is 1500. The lowest BCUT2D eigenvalue weighted by Gasteiger charge is -2.34. The Hall–Kier alpha value is -4.28. The van der Waals surface area contributed by atoms with Crippen LogP contribution in [0.15, 0.2) is 60.7 Å². The van der Waals surface area contributed by atoms with Crippen LogP contribution in [0.4, 0.5) is 0 Å². The smallest absolute Gasteiger partial charge is 0.326 e. The Labute approximate surface area is 285 Å². The van der Waals surface area contributed by atoms with Crippen LogP contribution in [0, 0.1) is 0 Å². The molecular weight excluding hydrogens is 671 g/mol. The zero-order valence-electron chi connectivity index (χ0n) is 25.8. The number of β-amino-alcohol motifs (C(OH)–C–C–N with tert-alkyl or cyclic N) is 1. The number of amides is 5. The molecule has 7 atom stereocenters. The Balaban J connectivity index is 1.79. The van der Waals surface area contributed by atoms with Crippen molar-refractivity contribution in [3.63, 3.8) is 0 Å². The number of carbonyl (C=O) groups excluding carboxylic acids is 5. The minimum absolute atomic E-state index is 0.0507. The van der Waals surface area contributed by atoms with Gasteiger partial charge in [-0.15, -0.1) is 0 Å². The van der Waals surface area contributed by atoms with Crippen molar-refractivity contribution in [3.05, 3.63) is 71.8 Å². The normalized spacial score (nSPS) is 22.0. The Kier molecular flexibility index (Phi) is 12.9. The number of rotatable bonds is 15. The van der Waals surface area contributed by atoms with Gasteiger partial charge in [0.05, 0.1) is 25.1 Å². The first-order chi connectivity index (χ1) is 22.4. The van der Waals surface area contributed by atoms with Crippen molar-refractivity contribution < 1.29 is 44.1 Å². The summed E-state index contributed by atoms with van der Waals surface area (Å²) >= 11 is 12.8. The zero-order chi connectivity index (χ0) is 35.8. The molecule has 0 aromatic heterocycles. The second kappa shape index (κ2) is 16.2. The van der Waals surface area contributed by atoms with Crippen LogP contribution in [-0.4, -0.2) is 103 Å². The lowest BCUT2D eigenvalue weighted by atomic mass is 10.0. The van der Waals surface area contributed by atoms with E-state index in [1.165, 1.54) is 0 Å². The van der Waals surface area contributed by atoms with Gasteiger partial charge in [-0.05, 0) is 24.5 Å². The van der Waals surface area contributed by atoms with Gasteiger partial charge in [0.25, 0.3) is 5.91 Å². The third-order valence-electron chi connectivity index (χ3n) is 7.55. The first-order valence-corrected chi connectivity index (χ1v) is 15.5. The minimum atomic E-state index is -2.38. The van der Waals surface area contributed by atoms with Gasteiger partial charge in [-0.3, -0.25) is 24.0 Å². The van der Waals surface area contributed by atoms with Crippen LogP contribution in [0.5, 0.6) is 0 Å². The average Bonchev–Trinajstić information content (AvgIpc) is 3.28. The third-order valence-corrected chi connectivity index (χ3v) is 8.31. The molecule has 0 radical (unpaired) electrons. The predicted molar refractivity (Wildman–Crippen MR) is 173 cm³/mol. The number of halogens is 2. The second-order valence-corrected chi connectivity index (χ2v) is 12.9. The summed E-state index contributed by atoms with van der Waals surface area (Å²) in [6.45, 7) is 0.534. The summed E-state index contributed by atoms with van der Waals surface area (Å²) in [5, 5.41) is 35.1. The SMILES string of the molecule is C[C@@H](O)[C@H](NC(=O)[C@H](CC(N)=O)NC(=O)[C@]1(Cl)C[C@](O)(Cl)CN1C(=O)[C@@H](N)Cc1ccccc1)C(=O)N[C@@H](Cc1ccccc1)C(=O)O. The fourth-order valence-corrected chi connectivity index (χ4v) is 5.94. The van der Waals surface area contributed by atoms with Crippen LogP contribution >= 0.6 is 23.2 Å². The number of hydrogen-bond donors (Lipinski definition) is 8. The van der Waals surface area contributed by atoms with Crippen molar-refractivity contribution in [2.45, 2.75) is 72.9 Å². The maximum Gasteiger partial charge on any atom is 0.326 e. The number of aliphatic hydroxyl groups is 2. The Morgan fingerprint density at radius 2 is 1.42 bits per heavy atom. The zero-order valence-corrected chi connectivity index (χ0v) is 27.4. The van der Waals surface area contributed by atoms with Crippen molar-refractivity contribution in [2.24, 2.45) is 11.5 Å². The number of primary amides is 1. The van der Waals surface area contributed by atoms with Crippen molar-refractivity contribution in [3.8, 4) is 0 Å². The average molecular weight is 710 g/mol. The van der Waals surface area contributed by atoms with Gasteiger partial charge in [-0.2, -0.15) is 0 Å². The molecule has 2 aromatic carbocycles. The van der Waals surface area contributed by atoms with Crippen LogP contribution in [0.2, 0.25) is 0 Å². The van der Waals surface area contributed by atoms with E-state index in [9.17, 15) is 44.1 Å².